The molecule has 2 aromatic heterocycles. The van der Waals surface area contributed by atoms with Crippen molar-refractivity contribution >= 4 is 44.9 Å². The number of aryl methyl sites for hydroxylation is 3. The Morgan fingerprint density at radius 1 is 1.10 bits per heavy atom. The van der Waals surface area contributed by atoms with Crippen molar-refractivity contribution in [3.05, 3.63) is 51.8 Å². The largest absolute Gasteiger partial charge is 0.321 e. The average Bonchev–Trinajstić information content (AvgIpc) is 3.05. The molecule has 0 bridgehead atoms. The molecule has 29 heavy (non-hydrogen) atoms. The fraction of sp³-hybridized carbons (Fsp3) is 0.409. The number of fused-ring (bicyclic) bond motifs is 1. The maximum atomic E-state index is 12.9. The number of thiophene rings is 1. The molecule has 152 valence electrons. The van der Waals surface area contributed by atoms with Crippen LogP contribution < -0.4 is 5.32 Å². The number of amides is 1. The lowest BCUT2D eigenvalue weighted by Gasteiger charge is -2.26. The SMILES string of the molecule is Cc1nc(C)c2c(C)c(C(=O)Nc3ccc(CCN4CCSCC4)cc3)sc2n1. The van der Waals surface area contributed by atoms with Gasteiger partial charge in [0.2, 0.25) is 0 Å². The summed E-state index contributed by atoms with van der Waals surface area (Å²) >= 11 is 3.48. The summed E-state index contributed by atoms with van der Waals surface area (Å²) in [7, 11) is 0. The second-order valence-electron chi connectivity index (χ2n) is 7.45. The van der Waals surface area contributed by atoms with Gasteiger partial charge in [-0.3, -0.25) is 4.79 Å². The summed E-state index contributed by atoms with van der Waals surface area (Å²) in [6.07, 6.45) is 1.05. The Kier molecular flexibility index (Phi) is 6.18. The van der Waals surface area contributed by atoms with Gasteiger partial charge in [-0.2, -0.15) is 11.8 Å². The van der Waals surface area contributed by atoms with E-state index >= 15 is 0 Å². The molecule has 0 aliphatic carbocycles. The van der Waals surface area contributed by atoms with Crippen LogP contribution in [0.2, 0.25) is 0 Å². The molecule has 0 unspecified atom stereocenters. The number of aromatic nitrogens is 2. The number of hydrogen-bond acceptors (Lipinski definition) is 6. The van der Waals surface area contributed by atoms with Crippen molar-refractivity contribution in [1.82, 2.24) is 14.9 Å². The summed E-state index contributed by atoms with van der Waals surface area (Å²) in [5.74, 6) is 3.14. The molecule has 5 nitrogen and oxygen atoms in total. The van der Waals surface area contributed by atoms with Crippen LogP contribution in [0.4, 0.5) is 5.69 Å². The molecule has 1 aromatic carbocycles. The number of rotatable bonds is 5. The van der Waals surface area contributed by atoms with Crippen molar-refractivity contribution in [3.63, 3.8) is 0 Å². The molecule has 1 fully saturated rings. The van der Waals surface area contributed by atoms with E-state index < -0.39 is 0 Å². The molecular weight excluding hydrogens is 400 g/mol. The van der Waals surface area contributed by atoms with Crippen LogP contribution in [-0.2, 0) is 6.42 Å². The zero-order valence-corrected chi connectivity index (χ0v) is 18.8. The maximum Gasteiger partial charge on any atom is 0.266 e. The highest BCUT2D eigenvalue weighted by Gasteiger charge is 2.19. The Labute approximate surface area is 179 Å². The first-order chi connectivity index (χ1) is 14.0. The number of benzene rings is 1. The van der Waals surface area contributed by atoms with E-state index in [1.807, 2.05) is 44.7 Å². The Bertz CT molecular complexity index is 1020. The summed E-state index contributed by atoms with van der Waals surface area (Å²) in [4.78, 5) is 25.9. The Morgan fingerprint density at radius 2 is 1.83 bits per heavy atom. The van der Waals surface area contributed by atoms with E-state index in [2.05, 4.69) is 32.3 Å². The minimum Gasteiger partial charge on any atom is -0.321 e. The van der Waals surface area contributed by atoms with Crippen LogP contribution in [0.3, 0.4) is 0 Å². The van der Waals surface area contributed by atoms with E-state index in [4.69, 9.17) is 0 Å². The monoisotopic (exact) mass is 426 g/mol. The van der Waals surface area contributed by atoms with E-state index in [1.54, 1.807) is 0 Å². The molecule has 7 heteroatoms. The van der Waals surface area contributed by atoms with Crippen LogP contribution in [0, 0.1) is 20.8 Å². The summed E-state index contributed by atoms with van der Waals surface area (Å²) < 4.78 is 0. The van der Waals surface area contributed by atoms with E-state index in [1.165, 1.54) is 41.5 Å². The quantitative estimate of drug-likeness (QED) is 0.653. The van der Waals surface area contributed by atoms with Crippen LogP contribution in [0.25, 0.3) is 10.2 Å². The van der Waals surface area contributed by atoms with Gasteiger partial charge in [-0.05, 0) is 50.5 Å². The van der Waals surface area contributed by atoms with E-state index in [-0.39, 0.29) is 5.91 Å². The van der Waals surface area contributed by atoms with Gasteiger partial charge in [0, 0.05) is 47.9 Å². The van der Waals surface area contributed by atoms with Gasteiger partial charge in [0.15, 0.2) is 0 Å². The normalized spacial score (nSPS) is 15.0. The number of carbonyl (C=O) groups excluding carboxylic acids is 1. The van der Waals surface area contributed by atoms with Gasteiger partial charge >= 0.3 is 0 Å². The molecule has 1 aliphatic heterocycles. The molecule has 3 aromatic rings. The molecule has 3 heterocycles. The van der Waals surface area contributed by atoms with Gasteiger partial charge in [-0.15, -0.1) is 11.3 Å². The predicted octanol–water partition coefficient (Wildman–Crippen LogP) is 4.46. The number of nitrogens with one attached hydrogen (secondary N) is 1. The average molecular weight is 427 g/mol. The fourth-order valence-corrected chi connectivity index (χ4v) is 5.90. The first kappa shape index (κ1) is 20.3. The number of thioether (sulfide) groups is 1. The van der Waals surface area contributed by atoms with Gasteiger partial charge in [0.25, 0.3) is 5.91 Å². The number of carbonyl (C=O) groups is 1. The lowest BCUT2D eigenvalue weighted by Crippen LogP contribution is -2.34. The van der Waals surface area contributed by atoms with Crippen molar-refractivity contribution in [2.24, 2.45) is 0 Å². The molecule has 0 atom stereocenters. The van der Waals surface area contributed by atoms with Crippen molar-refractivity contribution < 1.29 is 4.79 Å². The van der Waals surface area contributed by atoms with E-state index in [9.17, 15) is 4.79 Å². The highest BCUT2D eigenvalue weighted by Crippen LogP contribution is 2.31. The third-order valence-corrected chi connectivity index (χ3v) is 7.45. The minimum absolute atomic E-state index is 0.0823. The maximum absolute atomic E-state index is 12.9. The predicted molar refractivity (Wildman–Crippen MR) is 123 cm³/mol. The molecule has 0 saturated carbocycles. The van der Waals surface area contributed by atoms with Gasteiger partial charge in [0.05, 0.1) is 4.88 Å². The zero-order valence-electron chi connectivity index (χ0n) is 17.1. The smallest absolute Gasteiger partial charge is 0.266 e. The topological polar surface area (TPSA) is 58.1 Å². The molecule has 4 rings (SSSR count). The number of nitrogens with zero attached hydrogens (tertiary/aromatic N) is 3. The molecule has 0 radical (unpaired) electrons. The summed E-state index contributed by atoms with van der Waals surface area (Å²) in [6, 6.07) is 8.23. The first-order valence-electron chi connectivity index (χ1n) is 9.96. The summed E-state index contributed by atoms with van der Waals surface area (Å²) in [5, 5.41) is 4.03. The van der Waals surface area contributed by atoms with E-state index in [0.29, 0.717) is 4.88 Å². The second kappa shape index (κ2) is 8.81. The second-order valence-corrected chi connectivity index (χ2v) is 9.67. The Balaban J connectivity index is 1.42. The molecule has 1 aliphatic rings. The third-order valence-electron chi connectivity index (χ3n) is 5.32. The van der Waals surface area contributed by atoms with Crippen LogP contribution in [0.1, 0.15) is 32.3 Å². The Hall–Kier alpha value is -1.96. The molecule has 1 N–H and O–H groups in total. The summed E-state index contributed by atoms with van der Waals surface area (Å²) in [6.45, 7) is 9.31. The van der Waals surface area contributed by atoms with Gasteiger partial charge in [0.1, 0.15) is 10.7 Å². The van der Waals surface area contributed by atoms with Crippen LogP contribution in [0.5, 0.6) is 0 Å². The van der Waals surface area contributed by atoms with Crippen molar-refractivity contribution in [2.75, 3.05) is 36.5 Å². The summed E-state index contributed by atoms with van der Waals surface area (Å²) in [5.41, 5.74) is 4.01. The number of hydrogen-bond donors (Lipinski definition) is 1. The van der Waals surface area contributed by atoms with Crippen molar-refractivity contribution in [1.29, 1.82) is 0 Å². The first-order valence-corrected chi connectivity index (χ1v) is 11.9. The molecule has 1 amide bonds. The highest BCUT2D eigenvalue weighted by atomic mass is 32.2. The van der Waals surface area contributed by atoms with Gasteiger partial charge in [-0.25, -0.2) is 9.97 Å². The lowest BCUT2D eigenvalue weighted by molar-refractivity contribution is 0.103. The third kappa shape index (κ3) is 4.63. The van der Waals surface area contributed by atoms with Gasteiger partial charge in [-0.1, -0.05) is 12.1 Å². The fourth-order valence-electron chi connectivity index (χ4n) is 3.74. The zero-order chi connectivity index (χ0) is 20.4. The Morgan fingerprint density at radius 3 is 2.55 bits per heavy atom. The van der Waals surface area contributed by atoms with Crippen molar-refractivity contribution in [3.8, 4) is 0 Å². The highest BCUT2D eigenvalue weighted by molar-refractivity contribution is 7.99. The van der Waals surface area contributed by atoms with Crippen LogP contribution in [0.15, 0.2) is 24.3 Å². The van der Waals surface area contributed by atoms with Crippen LogP contribution in [-0.4, -0.2) is 51.9 Å². The molecular formula is C22H26N4OS2. The molecule has 1 saturated heterocycles. The van der Waals surface area contributed by atoms with Crippen LogP contribution >= 0.6 is 23.1 Å². The van der Waals surface area contributed by atoms with E-state index in [0.717, 1.165) is 46.0 Å². The van der Waals surface area contributed by atoms with Crippen molar-refractivity contribution in [2.45, 2.75) is 27.2 Å². The lowest BCUT2D eigenvalue weighted by atomic mass is 10.1. The number of anilines is 1. The molecule has 0 spiro atoms. The van der Waals surface area contributed by atoms with Gasteiger partial charge < -0.3 is 10.2 Å². The minimum atomic E-state index is -0.0823. The standard InChI is InChI=1S/C22H26N4OS2/c1-14-19-15(2)23-16(3)24-22(19)29-20(14)21(27)25-18-6-4-17(5-7-18)8-9-26-10-12-28-13-11-26/h4-7H,8-13H2,1-3H3,(H,25,27).